The molecule has 0 saturated carbocycles. The second-order valence-electron chi connectivity index (χ2n) is 4.77. The molecule has 0 unspecified atom stereocenters. The Morgan fingerprint density at radius 2 is 1.79 bits per heavy atom. The van der Waals surface area contributed by atoms with Gasteiger partial charge in [-0.1, -0.05) is 0 Å². The molecule has 0 atom stereocenters. The van der Waals surface area contributed by atoms with Crippen LogP contribution < -0.4 is 0 Å². The van der Waals surface area contributed by atoms with E-state index in [1.165, 1.54) is 0 Å². The molecule has 0 aromatic heterocycles. The highest BCUT2D eigenvalue weighted by Gasteiger charge is 2.21. The number of hydrogen-bond donors (Lipinski definition) is 0. The second-order valence-corrected chi connectivity index (χ2v) is 4.77. The minimum Gasteiger partial charge on any atom is -0.466 e. The van der Waals surface area contributed by atoms with Crippen LogP contribution in [0.1, 0.15) is 39.5 Å². The first-order valence-corrected chi connectivity index (χ1v) is 7.17. The Morgan fingerprint density at radius 1 is 1.11 bits per heavy atom. The first kappa shape index (κ1) is 16.1. The van der Waals surface area contributed by atoms with Crippen molar-refractivity contribution in [2.24, 2.45) is 0 Å². The molecule has 0 aromatic rings. The first-order chi connectivity index (χ1) is 9.15. The van der Waals surface area contributed by atoms with Gasteiger partial charge in [0, 0.05) is 26.1 Å². The van der Waals surface area contributed by atoms with Crippen LogP contribution in [0.4, 0.5) is 0 Å². The zero-order valence-corrected chi connectivity index (χ0v) is 12.0. The van der Waals surface area contributed by atoms with Crippen LogP contribution in [0.25, 0.3) is 0 Å². The lowest BCUT2D eigenvalue weighted by atomic mass is 10.1. The SMILES string of the molecule is CCOC(=O)CCC(=O)CN1CCC(OCC)CC1. The Morgan fingerprint density at radius 3 is 2.37 bits per heavy atom. The minimum atomic E-state index is -0.286. The molecule has 0 spiro atoms. The maximum absolute atomic E-state index is 11.7. The van der Waals surface area contributed by atoms with Gasteiger partial charge in [-0.25, -0.2) is 0 Å². The van der Waals surface area contributed by atoms with Crippen molar-refractivity contribution in [2.75, 3.05) is 32.8 Å². The van der Waals surface area contributed by atoms with Gasteiger partial charge in [-0.3, -0.25) is 14.5 Å². The van der Waals surface area contributed by atoms with Crippen molar-refractivity contribution in [2.45, 2.75) is 45.6 Å². The Bertz CT molecular complexity index is 285. The standard InChI is InChI=1S/C14H25NO4/c1-3-18-13-7-9-15(10-8-13)11-12(16)5-6-14(17)19-4-2/h13H,3-11H2,1-2H3. The third-order valence-corrected chi connectivity index (χ3v) is 3.25. The highest BCUT2D eigenvalue weighted by atomic mass is 16.5. The summed E-state index contributed by atoms with van der Waals surface area (Å²) in [5, 5.41) is 0. The second kappa shape index (κ2) is 9.04. The van der Waals surface area contributed by atoms with E-state index in [0.717, 1.165) is 32.5 Å². The molecule has 1 fully saturated rings. The van der Waals surface area contributed by atoms with Crippen LogP contribution in [0, 0.1) is 0 Å². The van der Waals surface area contributed by atoms with Crippen LogP contribution in [0.3, 0.4) is 0 Å². The molecule has 1 rings (SSSR count). The molecule has 1 aliphatic rings. The van der Waals surface area contributed by atoms with E-state index in [9.17, 15) is 9.59 Å². The fraction of sp³-hybridized carbons (Fsp3) is 0.857. The molecule has 1 heterocycles. The molecular formula is C14H25NO4. The van der Waals surface area contributed by atoms with E-state index in [0.29, 0.717) is 19.3 Å². The number of Topliss-reactive ketones (excluding diaryl/α,β-unsaturated/α-hetero) is 1. The lowest BCUT2D eigenvalue weighted by molar-refractivity contribution is -0.144. The average Bonchev–Trinajstić information content (AvgIpc) is 2.39. The normalized spacial score (nSPS) is 17.4. The summed E-state index contributed by atoms with van der Waals surface area (Å²) in [6.07, 6.45) is 2.79. The van der Waals surface area contributed by atoms with Gasteiger partial charge in [0.25, 0.3) is 0 Å². The van der Waals surface area contributed by atoms with E-state index in [2.05, 4.69) is 4.90 Å². The maximum atomic E-state index is 11.7. The van der Waals surface area contributed by atoms with Gasteiger partial charge in [0.05, 0.1) is 25.7 Å². The van der Waals surface area contributed by atoms with Gasteiger partial charge in [-0.05, 0) is 26.7 Å². The van der Waals surface area contributed by atoms with Gasteiger partial charge in [0.2, 0.25) is 0 Å². The summed E-state index contributed by atoms with van der Waals surface area (Å²) in [5.74, 6) is -0.172. The summed E-state index contributed by atoms with van der Waals surface area (Å²) in [5.41, 5.74) is 0. The van der Waals surface area contributed by atoms with Crippen molar-refractivity contribution in [3.63, 3.8) is 0 Å². The number of ketones is 1. The molecule has 1 aliphatic heterocycles. The van der Waals surface area contributed by atoms with Crippen molar-refractivity contribution in [1.29, 1.82) is 0 Å². The van der Waals surface area contributed by atoms with Crippen LogP contribution >= 0.6 is 0 Å². The molecule has 0 aliphatic carbocycles. The summed E-state index contributed by atoms with van der Waals surface area (Å²) in [4.78, 5) is 25.0. The van der Waals surface area contributed by atoms with Gasteiger partial charge in [-0.15, -0.1) is 0 Å². The average molecular weight is 271 g/mol. The summed E-state index contributed by atoms with van der Waals surface area (Å²) in [6.45, 7) is 7.14. The van der Waals surface area contributed by atoms with Crippen LogP contribution in [-0.2, 0) is 19.1 Å². The number of likely N-dealkylation sites (tertiary alicyclic amines) is 1. The Labute approximate surface area is 115 Å². The molecule has 0 bridgehead atoms. The zero-order chi connectivity index (χ0) is 14.1. The molecule has 5 heteroatoms. The van der Waals surface area contributed by atoms with Crippen molar-refractivity contribution >= 4 is 11.8 Å². The largest absolute Gasteiger partial charge is 0.466 e. The summed E-state index contributed by atoms with van der Waals surface area (Å²) < 4.78 is 10.4. The van der Waals surface area contributed by atoms with E-state index < -0.39 is 0 Å². The monoisotopic (exact) mass is 271 g/mol. The number of rotatable bonds is 8. The van der Waals surface area contributed by atoms with Gasteiger partial charge in [0.15, 0.2) is 0 Å². The number of piperidine rings is 1. The molecular weight excluding hydrogens is 246 g/mol. The van der Waals surface area contributed by atoms with Gasteiger partial charge in [0.1, 0.15) is 5.78 Å². The van der Waals surface area contributed by atoms with Gasteiger partial charge < -0.3 is 9.47 Å². The number of carbonyl (C=O) groups excluding carboxylic acids is 2. The topological polar surface area (TPSA) is 55.8 Å². The smallest absolute Gasteiger partial charge is 0.306 e. The Balaban J connectivity index is 2.14. The Kier molecular flexibility index (Phi) is 7.67. The fourth-order valence-corrected chi connectivity index (χ4v) is 2.27. The van der Waals surface area contributed by atoms with Gasteiger partial charge >= 0.3 is 5.97 Å². The molecule has 0 aromatic carbocycles. The maximum Gasteiger partial charge on any atom is 0.306 e. The van der Waals surface area contributed by atoms with Crippen LogP contribution in [0.5, 0.6) is 0 Å². The number of esters is 1. The van der Waals surface area contributed by atoms with Crippen molar-refractivity contribution in [1.82, 2.24) is 4.90 Å². The van der Waals surface area contributed by atoms with E-state index in [-0.39, 0.29) is 24.6 Å². The fourth-order valence-electron chi connectivity index (χ4n) is 2.27. The summed E-state index contributed by atoms with van der Waals surface area (Å²) in [7, 11) is 0. The molecule has 0 radical (unpaired) electrons. The summed E-state index contributed by atoms with van der Waals surface area (Å²) >= 11 is 0. The van der Waals surface area contributed by atoms with E-state index in [4.69, 9.17) is 9.47 Å². The lowest BCUT2D eigenvalue weighted by Gasteiger charge is -2.31. The quantitative estimate of drug-likeness (QED) is 0.625. The predicted molar refractivity (Wildman–Crippen MR) is 72.0 cm³/mol. The van der Waals surface area contributed by atoms with Crippen LogP contribution in [0.2, 0.25) is 0 Å². The number of nitrogens with zero attached hydrogens (tertiary/aromatic N) is 1. The number of hydrogen-bond acceptors (Lipinski definition) is 5. The highest BCUT2D eigenvalue weighted by Crippen LogP contribution is 2.13. The highest BCUT2D eigenvalue weighted by molar-refractivity contribution is 5.84. The number of ether oxygens (including phenoxy) is 2. The number of carbonyl (C=O) groups is 2. The van der Waals surface area contributed by atoms with E-state index in [1.54, 1.807) is 6.92 Å². The van der Waals surface area contributed by atoms with Crippen molar-refractivity contribution in [3.05, 3.63) is 0 Å². The molecule has 0 amide bonds. The Hall–Kier alpha value is -0.940. The predicted octanol–water partition coefficient (Wildman–Crippen LogP) is 1.40. The van der Waals surface area contributed by atoms with E-state index >= 15 is 0 Å². The molecule has 1 saturated heterocycles. The molecule has 5 nitrogen and oxygen atoms in total. The first-order valence-electron chi connectivity index (χ1n) is 7.17. The molecule has 0 N–H and O–H groups in total. The van der Waals surface area contributed by atoms with Crippen LogP contribution in [-0.4, -0.2) is 55.6 Å². The molecule has 19 heavy (non-hydrogen) atoms. The van der Waals surface area contributed by atoms with E-state index in [1.807, 2.05) is 6.92 Å². The summed E-state index contributed by atoms with van der Waals surface area (Å²) in [6, 6.07) is 0. The third kappa shape index (κ3) is 6.68. The zero-order valence-electron chi connectivity index (χ0n) is 12.0. The van der Waals surface area contributed by atoms with Crippen molar-refractivity contribution < 1.29 is 19.1 Å². The third-order valence-electron chi connectivity index (χ3n) is 3.25. The lowest BCUT2D eigenvalue weighted by Crippen LogP contribution is -2.39. The van der Waals surface area contributed by atoms with Crippen molar-refractivity contribution in [3.8, 4) is 0 Å². The van der Waals surface area contributed by atoms with Crippen LogP contribution in [0.15, 0.2) is 0 Å². The molecule has 110 valence electrons. The van der Waals surface area contributed by atoms with Gasteiger partial charge in [-0.2, -0.15) is 0 Å². The minimum absolute atomic E-state index is 0.114.